The Morgan fingerprint density at radius 2 is 1.85 bits per heavy atom. The van der Waals surface area contributed by atoms with Gasteiger partial charge in [0.1, 0.15) is 0 Å². The van der Waals surface area contributed by atoms with E-state index in [4.69, 9.17) is 0 Å². The van der Waals surface area contributed by atoms with Gasteiger partial charge in [0.05, 0.1) is 6.04 Å². The van der Waals surface area contributed by atoms with Gasteiger partial charge in [-0.05, 0) is 24.3 Å². The van der Waals surface area contributed by atoms with Gasteiger partial charge in [0, 0.05) is 13.1 Å². The van der Waals surface area contributed by atoms with E-state index < -0.39 is 0 Å². The largest absolute Gasteiger partial charge is 0.331 e. The van der Waals surface area contributed by atoms with E-state index in [2.05, 4.69) is 33.0 Å². The third-order valence-corrected chi connectivity index (χ3v) is 3.09. The Kier molecular flexibility index (Phi) is 6.05. The molecule has 0 saturated carbocycles. The number of nitrogens with one attached hydrogen (secondary N) is 1. The van der Waals surface area contributed by atoms with Gasteiger partial charge in [0.2, 0.25) is 0 Å². The Labute approximate surface area is 123 Å². The molecule has 3 nitrogen and oxygen atoms in total. The van der Waals surface area contributed by atoms with Crippen LogP contribution in [-0.2, 0) is 0 Å². The number of nitrogens with zero attached hydrogens (tertiary/aromatic N) is 1. The minimum atomic E-state index is 0.0260. The first-order valence-electron chi connectivity index (χ1n) is 7.44. The van der Waals surface area contributed by atoms with Crippen LogP contribution in [0.5, 0.6) is 0 Å². The van der Waals surface area contributed by atoms with Gasteiger partial charge < -0.3 is 10.2 Å². The van der Waals surface area contributed by atoms with Crippen LogP contribution in [-0.4, -0.2) is 24.0 Å². The molecule has 1 atom stereocenters. The summed E-state index contributed by atoms with van der Waals surface area (Å²) in [7, 11) is 0. The number of carbonyl (C=O) groups is 1. The van der Waals surface area contributed by atoms with Gasteiger partial charge in [-0.2, -0.15) is 0 Å². The predicted octanol–water partition coefficient (Wildman–Crippen LogP) is 4.22. The fourth-order valence-electron chi connectivity index (χ4n) is 2.20. The maximum atomic E-state index is 12.4. The molecule has 2 amide bonds. The summed E-state index contributed by atoms with van der Waals surface area (Å²) in [5, 5.41) is 3.09. The number of rotatable bonds is 5. The molecule has 1 aromatic rings. The van der Waals surface area contributed by atoms with E-state index >= 15 is 0 Å². The first kappa shape index (κ1) is 16.5. The van der Waals surface area contributed by atoms with E-state index in [1.807, 2.05) is 42.2 Å². The molecule has 1 aromatic carbocycles. The molecule has 1 rings (SSSR count). The van der Waals surface area contributed by atoms with E-state index in [1.165, 1.54) is 0 Å². The van der Waals surface area contributed by atoms with Crippen LogP contribution in [0.15, 0.2) is 30.3 Å². The van der Waals surface area contributed by atoms with Crippen molar-refractivity contribution in [3.63, 3.8) is 0 Å². The maximum Gasteiger partial charge on any atom is 0.317 e. The molecule has 112 valence electrons. The molecule has 1 N–H and O–H groups in total. The summed E-state index contributed by atoms with van der Waals surface area (Å²) in [6, 6.07) is 10.1. The first-order valence-corrected chi connectivity index (χ1v) is 7.44. The number of carbonyl (C=O) groups excluding carboxylic acids is 1. The standard InChI is InChI=1S/C17H28N2O/c1-6-12-19(13-17(3,4)5)16(20)18-14(2)15-10-8-7-9-11-15/h7-11,14H,6,12-13H2,1-5H3,(H,18,20)/t14-/m1/s1. The SMILES string of the molecule is CCCN(CC(C)(C)C)C(=O)N[C@H](C)c1ccccc1. The molecule has 0 spiro atoms. The van der Waals surface area contributed by atoms with E-state index in [0.29, 0.717) is 0 Å². The van der Waals surface area contributed by atoms with Crippen molar-refractivity contribution in [2.45, 2.75) is 47.1 Å². The molecule has 0 fully saturated rings. The molecule has 0 radical (unpaired) electrons. The Bertz CT molecular complexity index is 409. The Hall–Kier alpha value is -1.51. The van der Waals surface area contributed by atoms with Crippen molar-refractivity contribution in [1.82, 2.24) is 10.2 Å². The zero-order valence-electron chi connectivity index (χ0n) is 13.4. The van der Waals surface area contributed by atoms with Gasteiger partial charge in [0.25, 0.3) is 0 Å². The summed E-state index contributed by atoms with van der Waals surface area (Å²) < 4.78 is 0. The molecule has 0 aromatic heterocycles. The lowest BCUT2D eigenvalue weighted by Gasteiger charge is -2.31. The fourth-order valence-corrected chi connectivity index (χ4v) is 2.20. The summed E-state index contributed by atoms with van der Waals surface area (Å²) >= 11 is 0. The van der Waals surface area contributed by atoms with E-state index in [0.717, 1.165) is 25.1 Å². The molecule has 3 heteroatoms. The van der Waals surface area contributed by atoms with Gasteiger partial charge in [-0.1, -0.05) is 58.0 Å². The van der Waals surface area contributed by atoms with Crippen LogP contribution in [0.1, 0.15) is 52.6 Å². The second kappa shape index (κ2) is 7.32. The molecule has 0 heterocycles. The third-order valence-electron chi connectivity index (χ3n) is 3.09. The fraction of sp³-hybridized carbons (Fsp3) is 0.588. The Morgan fingerprint density at radius 1 is 1.25 bits per heavy atom. The third kappa shape index (κ3) is 5.64. The zero-order chi connectivity index (χ0) is 15.2. The molecular weight excluding hydrogens is 248 g/mol. The van der Waals surface area contributed by atoms with Crippen molar-refractivity contribution in [3.05, 3.63) is 35.9 Å². The van der Waals surface area contributed by atoms with Crippen LogP contribution in [0.3, 0.4) is 0 Å². The monoisotopic (exact) mass is 276 g/mol. The highest BCUT2D eigenvalue weighted by Gasteiger charge is 2.21. The van der Waals surface area contributed by atoms with Crippen LogP contribution in [0.2, 0.25) is 0 Å². The molecule has 0 aliphatic carbocycles. The normalized spacial score (nSPS) is 12.8. The molecule has 0 saturated heterocycles. The van der Waals surface area contributed by atoms with E-state index in [1.54, 1.807) is 0 Å². The number of benzene rings is 1. The minimum Gasteiger partial charge on any atom is -0.331 e. The lowest BCUT2D eigenvalue weighted by Crippen LogP contribution is -2.45. The summed E-state index contributed by atoms with van der Waals surface area (Å²) in [5.74, 6) is 0. The highest BCUT2D eigenvalue weighted by molar-refractivity contribution is 5.74. The van der Waals surface area contributed by atoms with Crippen molar-refractivity contribution in [2.75, 3.05) is 13.1 Å². The van der Waals surface area contributed by atoms with Crippen LogP contribution in [0, 0.1) is 5.41 Å². The van der Waals surface area contributed by atoms with Crippen LogP contribution < -0.4 is 5.32 Å². The molecule has 0 unspecified atom stereocenters. The van der Waals surface area contributed by atoms with Gasteiger partial charge in [-0.15, -0.1) is 0 Å². The lowest BCUT2D eigenvalue weighted by molar-refractivity contribution is 0.170. The number of urea groups is 1. The summed E-state index contributed by atoms with van der Waals surface area (Å²) in [6.07, 6.45) is 0.975. The maximum absolute atomic E-state index is 12.4. The number of hydrogen-bond acceptors (Lipinski definition) is 1. The lowest BCUT2D eigenvalue weighted by atomic mass is 9.96. The molecule has 0 aliphatic rings. The van der Waals surface area contributed by atoms with Gasteiger partial charge in [-0.3, -0.25) is 0 Å². The van der Waals surface area contributed by atoms with Gasteiger partial charge >= 0.3 is 6.03 Å². The quantitative estimate of drug-likeness (QED) is 0.858. The van der Waals surface area contributed by atoms with Gasteiger partial charge in [0.15, 0.2) is 0 Å². The number of hydrogen-bond donors (Lipinski definition) is 1. The van der Waals surface area contributed by atoms with Crippen molar-refractivity contribution in [2.24, 2.45) is 5.41 Å². The highest BCUT2D eigenvalue weighted by Crippen LogP contribution is 2.17. The zero-order valence-corrected chi connectivity index (χ0v) is 13.4. The summed E-state index contributed by atoms with van der Waals surface area (Å²) in [6.45, 7) is 12.2. The average Bonchev–Trinajstić information content (AvgIpc) is 2.37. The second-order valence-corrected chi connectivity index (χ2v) is 6.56. The second-order valence-electron chi connectivity index (χ2n) is 6.56. The summed E-state index contributed by atoms with van der Waals surface area (Å²) in [5.41, 5.74) is 1.25. The van der Waals surface area contributed by atoms with Crippen LogP contribution >= 0.6 is 0 Å². The minimum absolute atomic E-state index is 0.0260. The van der Waals surface area contributed by atoms with Crippen molar-refractivity contribution >= 4 is 6.03 Å². The van der Waals surface area contributed by atoms with Crippen molar-refractivity contribution in [1.29, 1.82) is 0 Å². The van der Waals surface area contributed by atoms with Crippen molar-refractivity contribution < 1.29 is 4.79 Å². The van der Waals surface area contributed by atoms with Crippen LogP contribution in [0.4, 0.5) is 4.79 Å². The van der Waals surface area contributed by atoms with E-state index in [9.17, 15) is 4.79 Å². The highest BCUT2D eigenvalue weighted by atomic mass is 16.2. The van der Waals surface area contributed by atoms with Crippen LogP contribution in [0.25, 0.3) is 0 Å². The topological polar surface area (TPSA) is 32.3 Å². The first-order chi connectivity index (χ1) is 9.33. The van der Waals surface area contributed by atoms with Gasteiger partial charge in [-0.25, -0.2) is 4.79 Å². The molecule has 0 bridgehead atoms. The van der Waals surface area contributed by atoms with Crippen molar-refractivity contribution in [3.8, 4) is 0 Å². The molecule has 20 heavy (non-hydrogen) atoms. The average molecular weight is 276 g/mol. The predicted molar refractivity (Wildman–Crippen MR) is 84.7 cm³/mol. The Balaban J connectivity index is 2.66. The smallest absolute Gasteiger partial charge is 0.317 e. The van der Waals surface area contributed by atoms with E-state index in [-0.39, 0.29) is 17.5 Å². The molecule has 0 aliphatic heterocycles. The Morgan fingerprint density at radius 3 is 2.35 bits per heavy atom. The summed E-state index contributed by atoms with van der Waals surface area (Å²) in [4.78, 5) is 14.3. The number of amides is 2. The molecular formula is C17H28N2O.